The van der Waals surface area contributed by atoms with Crippen LogP contribution < -0.4 is 10.2 Å². The minimum atomic E-state index is 0.0406. The Labute approximate surface area is 102 Å². The van der Waals surface area contributed by atoms with Crippen molar-refractivity contribution in [2.24, 2.45) is 5.92 Å². The van der Waals surface area contributed by atoms with E-state index < -0.39 is 0 Å². The SMILES string of the molecule is CC(C)CC(=O)NCc1nccc(N(C)C)n1. The molecule has 5 heteroatoms. The Bertz CT molecular complexity index is 377. The summed E-state index contributed by atoms with van der Waals surface area (Å²) in [6, 6.07) is 1.83. The Balaban J connectivity index is 2.52. The third-order valence-electron chi connectivity index (χ3n) is 2.19. The van der Waals surface area contributed by atoms with E-state index in [2.05, 4.69) is 15.3 Å². The molecule has 0 aliphatic rings. The topological polar surface area (TPSA) is 58.1 Å². The van der Waals surface area contributed by atoms with Gasteiger partial charge in [0, 0.05) is 26.7 Å². The van der Waals surface area contributed by atoms with Gasteiger partial charge in [-0.05, 0) is 12.0 Å². The number of carbonyl (C=O) groups is 1. The second-order valence-electron chi connectivity index (χ2n) is 4.60. The van der Waals surface area contributed by atoms with Crippen LogP contribution in [0, 0.1) is 5.92 Å². The molecule has 1 heterocycles. The molecule has 1 aromatic heterocycles. The van der Waals surface area contributed by atoms with Crippen molar-refractivity contribution in [2.45, 2.75) is 26.8 Å². The van der Waals surface area contributed by atoms with Gasteiger partial charge >= 0.3 is 0 Å². The van der Waals surface area contributed by atoms with Crippen LogP contribution in [0.4, 0.5) is 5.82 Å². The average Bonchev–Trinajstić information content (AvgIpc) is 2.26. The van der Waals surface area contributed by atoms with Gasteiger partial charge in [-0.25, -0.2) is 9.97 Å². The van der Waals surface area contributed by atoms with Crippen LogP contribution >= 0.6 is 0 Å². The summed E-state index contributed by atoms with van der Waals surface area (Å²) in [6.45, 7) is 4.42. The Morgan fingerprint density at radius 2 is 2.18 bits per heavy atom. The largest absolute Gasteiger partial charge is 0.363 e. The van der Waals surface area contributed by atoms with Crippen LogP contribution in [0.5, 0.6) is 0 Å². The van der Waals surface area contributed by atoms with Crippen LogP contribution in [0.15, 0.2) is 12.3 Å². The molecule has 0 saturated carbocycles. The quantitative estimate of drug-likeness (QED) is 0.834. The van der Waals surface area contributed by atoms with E-state index in [-0.39, 0.29) is 5.91 Å². The lowest BCUT2D eigenvalue weighted by molar-refractivity contribution is -0.121. The summed E-state index contributed by atoms with van der Waals surface area (Å²) >= 11 is 0. The lowest BCUT2D eigenvalue weighted by Crippen LogP contribution is -2.25. The molecular formula is C12H20N4O. The molecular weight excluding hydrogens is 216 g/mol. The summed E-state index contributed by atoms with van der Waals surface area (Å²) < 4.78 is 0. The normalized spacial score (nSPS) is 10.4. The van der Waals surface area contributed by atoms with Crippen LogP contribution in [-0.4, -0.2) is 30.0 Å². The summed E-state index contributed by atoms with van der Waals surface area (Å²) in [7, 11) is 3.84. The Hall–Kier alpha value is -1.65. The van der Waals surface area contributed by atoms with E-state index in [1.165, 1.54) is 0 Å². The number of amides is 1. The number of nitrogens with zero attached hydrogens (tertiary/aromatic N) is 3. The third kappa shape index (κ3) is 4.80. The number of rotatable bonds is 5. The van der Waals surface area contributed by atoms with Crippen molar-refractivity contribution in [3.8, 4) is 0 Å². The van der Waals surface area contributed by atoms with Crippen molar-refractivity contribution in [1.82, 2.24) is 15.3 Å². The van der Waals surface area contributed by atoms with Gasteiger partial charge in [0.05, 0.1) is 6.54 Å². The molecule has 0 bridgehead atoms. The molecule has 0 spiro atoms. The molecule has 0 fully saturated rings. The van der Waals surface area contributed by atoms with E-state index in [4.69, 9.17) is 0 Å². The molecule has 0 aromatic carbocycles. The third-order valence-corrected chi connectivity index (χ3v) is 2.19. The lowest BCUT2D eigenvalue weighted by Gasteiger charge is -2.12. The Morgan fingerprint density at radius 3 is 2.76 bits per heavy atom. The highest BCUT2D eigenvalue weighted by molar-refractivity contribution is 5.75. The van der Waals surface area contributed by atoms with E-state index >= 15 is 0 Å². The number of anilines is 1. The highest BCUT2D eigenvalue weighted by Gasteiger charge is 2.06. The molecule has 94 valence electrons. The predicted octanol–water partition coefficient (Wildman–Crippen LogP) is 1.20. The maximum absolute atomic E-state index is 11.5. The zero-order valence-corrected chi connectivity index (χ0v) is 10.9. The van der Waals surface area contributed by atoms with Crippen LogP contribution in [-0.2, 0) is 11.3 Å². The summed E-state index contributed by atoms with van der Waals surface area (Å²) in [5.41, 5.74) is 0. The zero-order valence-electron chi connectivity index (χ0n) is 10.9. The maximum Gasteiger partial charge on any atom is 0.220 e. The van der Waals surface area contributed by atoms with Gasteiger partial charge in [-0.15, -0.1) is 0 Å². The van der Waals surface area contributed by atoms with E-state index in [1.54, 1.807) is 6.20 Å². The van der Waals surface area contributed by atoms with E-state index in [0.29, 0.717) is 24.7 Å². The van der Waals surface area contributed by atoms with Crippen molar-refractivity contribution >= 4 is 11.7 Å². The van der Waals surface area contributed by atoms with Gasteiger partial charge in [0.2, 0.25) is 5.91 Å². The number of aromatic nitrogens is 2. The van der Waals surface area contributed by atoms with E-state index in [1.807, 2.05) is 38.9 Å². The van der Waals surface area contributed by atoms with Crippen LogP contribution in [0.1, 0.15) is 26.1 Å². The van der Waals surface area contributed by atoms with Crippen molar-refractivity contribution in [2.75, 3.05) is 19.0 Å². The fraction of sp³-hybridized carbons (Fsp3) is 0.583. The first-order valence-electron chi connectivity index (χ1n) is 5.75. The molecule has 0 aliphatic carbocycles. The minimum Gasteiger partial charge on any atom is -0.363 e. The van der Waals surface area contributed by atoms with Crippen LogP contribution in [0.25, 0.3) is 0 Å². The van der Waals surface area contributed by atoms with Crippen molar-refractivity contribution in [3.05, 3.63) is 18.1 Å². The van der Waals surface area contributed by atoms with E-state index in [9.17, 15) is 4.79 Å². The van der Waals surface area contributed by atoms with Gasteiger partial charge in [-0.3, -0.25) is 4.79 Å². The molecule has 5 nitrogen and oxygen atoms in total. The van der Waals surface area contributed by atoms with Crippen molar-refractivity contribution in [1.29, 1.82) is 0 Å². The standard InChI is InChI=1S/C12H20N4O/c1-9(2)7-12(17)14-8-10-13-6-5-11(15-10)16(3)4/h5-6,9H,7-8H2,1-4H3,(H,14,17). The van der Waals surface area contributed by atoms with Gasteiger partial charge in [0.15, 0.2) is 0 Å². The van der Waals surface area contributed by atoms with Gasteiger partial charge in [-0.2, -0.15) is 0 Å². The Morgan fingerprint density at radius 1 is 1.47 bits per heavy atom. The van der Waals surface area contributed by atoms with Crippen molar-refractivity contribution < 1.29 is 4.79 Å². The van der Waals surface area contributed by atoms with Gasteiger partial charge in [-0.1, -0.05) is 13.8 Å². The number of hydrogen-bond acceptors (Lipinski definition) is 4. The fourth-order valence-electron chi connectivity index (χ4n) is 1.34. The molecule has 0 aliphatic heterocycles. The van der Waals surface area contributed by atoms with Crippen LogP contribution in [0.3, 0.4) is 0 Å². The smallest absolute Gasteiger partial charge is 0.220 e. The molecule has 0 unspecified atom stereocenters. The van der Waals surface area contributed by atoms with Gasteiger partial charge < -0.3 is 10.2 Å². The highest BCUT2D eigenvalue weighted by atomic mass is 16.1. The first-order valence-corrected chi connectivity index (χ1v) is 5.75. The summed E-state index contributed by atoms with van der Waals surface area (Å²) in [5, 5.41) is 2.81. The second kappa shape index (κ2) is 6.18. The molecule has 1 rings (SSSR count). The average molecular weight is 236 g/mol. The Kier molecular flexibility index (Phi) is 4.87. The molecule has 0 saturated heterocycles. The van der Waals surface area contributed by atoms with Crippen molar-refractivity contribution in [3.63, 3.8) is 0 Å². The first kappa shape index (κ1) is 13.4. The molecule has 1 amide bonds. The fourth-order valence-corrected chi connectivity index (χ4v) is 1.34. The number of nitrogens with one attached hydrogen (secondary N) is 1. The summed E-state index contributed by atoms with van der Waals surface area (Å²) in [6.07, 6.45) is 2.24. The second-order valence-corrected chi connectivity index (χ2v) is 4.60. The summed E-state index contributed by atoms with van der Waals surface area (Å²) in [5.74, 6) is 1.88. The first-order chi connectivity index (χ1) is 7.99. The highest BCUT2D eigenvalue weighted by Crippen LogP contribution is 2.05. The number of hydrogen-bond donors (Lipinski definition) is 1. The molecule has 1 N–H and O–H groups in total. The maximum atomic E-state index is 11.5. The molecule has 0 radical (unpaired) electrons. The van der Waals surface area contributed by atoms with Gasteiger partial charge in [0.1, 0.15) is 11.6 Å². The zero-order chi connectivity index (χ0) is 12.8. The molecule has 17 heavy (non-hydrogen) atoms. The number of carbonyl (C=O) groups excluding carboxylic acids is 1. The molecule has 1 aromatic rings. The molecule has 0 atom stereocenters. The predicted molar refractivity (Wildman–Crippen MR) is 67.7 cm³/mol. The van der Waals surface area contributed by atoms with Crippen LogP contribution in [0.2, 0.25) is 0 Å². The summed E-state index contributed by atoms with van der Waals surface area (Å²) in [4.78, 5) is 21.8. The van der Waals surface area contributed by atoms with Gasteiger partial charge in [0.25, 0.3) is 0 Å². The van der Waals surface area contributed by atoms with E-state index in [0.717, 1.165) is 5.82 Å². The minimum absolute atomic E-state index is 0.0406. The lowest BCUT2D eigenvalue weighted by atomic mass is 10.1. The monoisotopic (exact) mass is 236 g/mol.